The molecule has 33 heavy (non-hydrogen) atoms. The van der Waals surface area contributed by atoms with Crippen LogP contribution in [0.3, 0.4) is 0 Å². The molecule has 1 atom stereocenters. The first-order valence-corrected chi connectivity index (χ1v) is 10.9. The summed E-state index contributed by atoms with van der Waals surface area (Å²) in [4.78, 5) is 19.1. The SMILES string of the molecule is O=C(Nc1ccc(Cl)c(C(F)(F)F)c1)C1CCCN(Cc2nc(-c3ccccc3Cl)no2)C1. The van der Waals surface area contributed by atoms with Gasteiger partial charge >= 0.3 is 6.18 Å². The van der Waals surface area contributed by atoms with Crippen molar-refractivity contribution >= 4 is 34.8 Å². The van der Waals surface area contributed by atoms with Gasteiger partial charge in [-0.1, -0.05) is 40.5 Å². The minimum Gasteiger partial charge on any atom is -0.338 e. The van der Waals surface area contributed by atoms with E-state index in [1.54, 1.807) is 18.2 Å². The molecule has 0 radical (unpaired) electrons. The lowest BCUT2D eigenvalue weighted by molar-refractivity contribution is -0.137. The molecule has 4 rings (SSSR count). The molecule has 1 amide bonds. The number of alkyl halides is 3. The molecule has 1 aromatic heterocycles. The van der Waals surface area contributed by atoms with Crippen molar-refractivity contribution in [3.8, 4) is 11.4 Å². The smallest absolute Gasteiger partial charge is 0.338 e. The summed E-state index contributed by atoms with van der Waals surface area (Å²) in [5.41, 5.74) is -0.278. The van der Waals surface area contributed by atoms with Gasteiger partial charge in [-0.25, -0.2) is 0 Å². The Morgan fingerprint density at radius 3 is 2.73 bits per heavy atom. The minimum atomic E-state index is -4.60. The molecule has 174 valence electrons. The Bertz CT molecular complexity index is 1150. The summed E-state index contributed by atoms with van der Waals surface area (Å²) in [6.07, 6.45) is -3.23. The molecule has 0 aliphatic carbocycles. The van der Waals surface area contributed by atoms with E-state index < -0.39 is 22.7 Å². The van der Waals surface area contributed by atoms with E-state index in [0.29, 0.717) is 41.8 Å². The molecule has 1 saturated heterocycles. The molecule has 2 heterocycles. The van der Waals surface area contributed by atoms with Gasteiger partial charge < -0.3 is 9.84 Å². The number of rotatable bonds is 5. The summed E-state index contributed by atoms with van der Waals surface area (Å²) in [6, 6.07) is 10.5. The number of likely N-dealkylation sites (tertiary alicyclic amines) is 1. The molecule has 0 spiro atoms. The van der Waals surface area contributed by atoms with Crippen LogP contribution in [0.2, 0.25) is 10.0 Å². The number of nitrogens with zero attached hydrogens (tertiary/aromatic N) is 3. The predicted octanol–water partition coefficient (Wildman–Crippen LogP) is 5.91. The number of halogens is 5. The Morgan fingerprint density at radius 2 is 1.97 bits per heavy atom. The average molecular weight is 499 g/mol. The second kappa shape index (κ2) is 9.70. The number of carbonyl (C=O) groups excluding carboxylic acids is 1. The van der Waals surface area contributed by atoms with E-state index >= 15 is 0 Å². The van der Waals surface area contributed by atoms with Crippen LogP contribution in [0.5, 0.6) is 0 Å². The number of hydrogen-bond acceptors (Lipinski definition) is 5. The molecule has 2 aromatic carbocycles. The zero-order chi connectivity index (χ0) is 23.6. The van der Waals surface area contributed by atoms with Crippen LogP contribution in [-0.4, -0.2) is 34.0 Å². The summed E-state index contributed by atoms with van der Waals surface area (Å²) in [6.45, 7) is 1.49. The van der Waals surface area contributed by atoms with Gasteiger partial charge in [0.1, 0.15) is 0 Å². The number of anilines is 1. The molecule has 0 bridgehead atoms. The second-order valence-electron chi connectivity index (χ2n) is 7.75. The van der Waals surface area contributed by atoms with Crippen molar-refractivity contribution in [3.63, 3.8) is 0 Å². The monoisotopic (exact) mass is 498 g/mol. The number of benzene rings is 2. The van der Waals surface area contributed by atoms with Crippen LogP contribution in [0.1, 0.15) is 24.3 Å². The van der Waals surface area contributed by atoms with Crippen LogP contribution in [0, 0.1) is 5.92 Å². The zero-order valence-corrected chi connectivity index (χ0v) is 18.7. The zero-order valence-electron chi connectivity index (χ0n) is 17.2. The number of piperidine rings is 1. The molecule has 11 heteroatoms. The molecular formula is C22H19Cl2F3N4O2. The van der Waals surface area contributed by atoms with E-state index in [-0.39, 0.29) is 11.6 Å². The van der Waals surface area contributed by atoms with Crippen molar-refractivity contribution in [1.82, 2.24) is 15.0 Å². The van der Waals surface area contributed by atoms with Gasteiger partial charge in [-0.15, -0.1) is 0 Å². The Labute approximate surface area is 197 Å². The third-order valence-corrected chi connectivity index (χ3v) is 6.02. The molecule has 1 unspecified atom stereocenters. The topological polar surface area (TPSA) is 71.3 Å². The van der Waals surface area contributed by atoms with Crippen LogP contribution in [-0.2, 0) is 17.5 Å². The normalized spacial score (nSPS) is 17.2. The highest BCUT2D eigenvalue weighted by atomic mass is 35.5. The number of nitrogens with one attached hydrogen (secondary N) is 1. The highest BCUT2D eigenvalue weighted by molar-refractivity contribution is 6.33. The van der Waals surface area contributed by atoms with E-state index in [9.17, 15) is 18.0 Å². The van der Waals surface area contributed by atoms with E-state index in [2.05, 4.69) is 15.5 Å². The van der Waals surface area contributed by atoms with Gasteiger partial charge in [-0.2, -0.15) is 18.2 Å². The van der Waals surface area contributed by atoms with Crippen molar-refractivity contribution in [1.29, 1.82) is 0 Å². The van der Waals surface area contributed by atoms with Gasteiger partial charge in [0.15, 0.2) is 0 Å². The van der Waals surface area contributed by atoms with Crippen LogP contribution in [0.4, 0.5) is 18.9 Å². The van der Waals surface area contributed by atoms with Gasteiger partial charge in [-0.3, -0.25) is 9.69 Å². The van der Waals surface area contributed by atoms with Gasteiger partial charge in [0, 0.05) is 17.8 Å². The van der Waals surface area contributed by atoms with Crippen LogP contribution >= 0.6 is 23.2 Å². The van der Waals surface area contributed by atoms with Crippen molar-refractivity contribution in [2.75, 3.05) is 18.4 Å². The van der Waals surface area contributed by atoms with Crippen LogP contribution in [0.25, 0.3) is 11.4 Å². The van der Waals surface area contributed by atoms with Gasteiger partial charge in [0.05, 0.1) is 28.1 Å². The van der Waals surface area contributed by atoms with Crippen molar-refractivity contribution in [3.05, 3.63) is 64.0 Å². The summed E-state index contributed by atoms with van der Waals surface area (Å²) in [7, 11) is 0. The lowest BCUT2D eigenvalue weighted by Gasteiger charge is -2.30. The summed E-state index contributed by atoms with van der Waals surface area (Å²) in [5.74, 6) is 0.0239. The van der Waals surface area contributed by atoms with Crippen LogP contribution in [0.15, 0.2) is 47.0 Å². The first-order valence-electron chi connectivity index (χ1n) is 10.2. The van der Waals surface area contributed by atoms with E-state index in [1.165, 1.54) is 6.07 Å². The highest BCUT2D eigenvalue weighted by Crippen LogP contribution is 2.36. The molecule has 1 aliphatic heterocycles. The van der Waals surface area contributed by atoms with Crippen molar-refractivity contribution < 1.29 is 22.5 Å². The van der Waals surface area contributed by atoms with Gasteiger partial charge in [0.25, 0.3) is 0 Å². The fraction of sp³-hybridized carbons (Fsp3) is 0.318. The first-order chi connectivity index (χ1) is 15.7. The Morgan fingerprint density at radius 1 is 1.18 bits per heavy atom. The van der Waals surface area contributed by atoms with Gasteiger partial charge in [0.2, 0.25) is 17.6 Å². The maximum Gasteiger partial charge on any atom is 0.417 e. The van der Waals surface area contributed by atoms with Crippen molar-refractivity contribution in [2.24, 2.45) is 5.92 Å². The first kappa shape index (κ1) is 23.5. The molecule has 6 nitrogen and oxygen atoms in total. The lowest BCUT2D eigenvalue weighted by atomic mass is 9.97. The lowest BCUT2D eigenvalue weighted by Crippen LogP contribution is -2.40. The molecule has 0 saturated carbocycles. The molecular weight excluding hydrogens is 480 g/mol. The number of hydrogen-bond donors (Lipinski definition) is 1. The van der Waals surface area contributed by atoms with Crippen molar-refractivity contribution in [2.45, 2.75) is 25.6 Å². The van der Waals surface area contributed by atoms with E-state index in [1.807, 2.05) is 11.0 Å². The second-order valence-corrected chi connectivity index (χ2v) is 8.56. The Balaban J connectivity index is 1.39. The number of amides is 1. The minimum absolute atomic E-state index is 0.0510. The number of carbonyl (C=O) groups is 1. The fourth-order valence-electron chi connectivity index (χ4n) is 3.74. The largest absolute Gasteiger partial charge is 0.417 e. The molecule has 1 N–H and O–H groups in total. The standard InChI is InChI=1S/C22H19Cl2F3N4O2/c23-17-6-2-1-5-15(17)20-29-19(33-30-20)12-31-9-3-4-13(11-31)21(32)28-14-7-8-18(24)16(10-14)22(25,26)27/h1-2,5-8,10,13H,3-4,9,11-12H2,(H,28,32). The van der Waals surface area contributed by atoms with E-state index in [4.69, 9.17) is 27.7 Å². The predicted molar refractivity (Wildman–Crippen MR) is 118 cm³/mol. The third kappa shape index (κ3) is 5.66. The van der Waals surface area contributed by atoms with E-state index in [0.717, 1.165) is 25.1 Å². The maximum atomic E-state index is 13.1. The average Bonchev–Trinajstić information content (AvgIpc) is 3.23. The third-order valence-electron chi connectivity index (χ3n) is 5.36. The highest BCUT2D eigenvalue weighted by Gasteiger charge is 2.34. The van der Waals surface area contributed by atoms with Crippen LogP contribution < -0.4 is 5.32 Å². The summed E-state index contributed by atoms with van der Waals surface area (Å²) < 4.78 is 44.6. The molecule has 3 aromatic rings. The maximum absolute atomic E-state index is 13.1. The molecule has 1 fully saturated rings. The quantitative estimate of drug-likeness (QED) is 0.473. The Kier molecular flexibility index (Phi) is 6.92. The summed E-state index contributed by atoms with van der Waals surface area (Å²) in [5, 5.41) is 6.65. The fourth-order valence-corrected chi connectivity index (χ4v) is 4.19. The number of aromatic nitrogens is 2. The summed E-state index contributed by atoms with van der Waals surface area (Å²) >= 11 is 11.8. The molecule has 1 aliphatic rings. The van der Waals surface area contributed by atoms with Gasteiger partial charge in [-0.05, 0) is 49.7 Å². The Hall–Kier alpha value is -2.62.